The van der Waals surface area contributed by atoms with E-state index in [9.17, 15) is 10.1 Å². The summed E-state index contributed by atoms with van der Waals surface area (Å²) in [4.78, 5) is 9.89. The van der Waals surface area contributed by atoms with Gasteiger partial charge in [-0.15, -0.1) is 0 Å². The molecule has 0 heterocycles. The third-order valence-corrected chi connectivity index (χ3v) is 1.68. The van der Waals surface area contributed by atoms with Crippen LogP contribution < -0.4 is 0 Å². The molecule has 2 atom stereocenters. The van der Waals surface area contributed by atoms with Gasteiger partial charge in [-0.05, 0) is 13.3 Å². The Morgan fingerprint density at radius 3 is 2.45 bits per heavy atom. The van der Waals surface area contributed by atoms with Gasteiger partial charge >= 0.3 is 0 Å². The van der Waals surface area contributed by atoms with Crippen LogP contribution in [-0.2, 0) is 0 Å². The molecule has 0 aromatic rings. The maximum absolute atomic E-state index is 10.3. The number of rotatable bonds is 5. The van der Waals surface area contributed by atoms with Crippen molar-refractivity contribution in [3.8, 4) is 0 Å². The van der Waals surface area contributed by atoms with E-state index in [1.807, 2.05) is 6.92 Å². The molecule has 4 heteroatoms. The Kier molecular flexibility index (Phi) is 4.77. The van der Waals surface area contributed by atoms with Crippen LogP contribution in [0.1, 0.15) is 33.1 Å². The first-order chi connectivity index (χ1) is 5.09. The van der Waals surface area contributed by atoms with Gasteiger partial charge in [0.1, 0.15) is 6.10 Å². The average Bonchev–Trinajstić information content (AvgIpc) is 1.87. The van der Waals surface area contributed by atoms with Crippen molar-refractivity contribution < 1.29 is 10.0 Å². The van der Waals surface area contributed by atoms with Gasteiger partial charge in [0.15, 0.2) is 0 Å². The molecular formula is C7H15NO3. The molecule has 0 rings (SSSR count). The predicted octanol–water partition coefficient (Wildman–Crippen LogP) is 1.20. The van der Waals surface area contributed by atoms with Gasteiger partial charge in [0.25, 0.3) is 0 Å². The zero-order valence-electron chi connectivity index (χ0n) is 6.99. The minimum atomic E-state index is -0.837. The van der Waals surface area contributed by atoms with Crippen molar-refractivity contribution in [1.29, 1.82) is 0 Å². The molecule has 1 unspecified atom stereocenters. The molecule has 0 aliphatic carbocycles. The zero-order chi connectivity index (χ0) is 8.85. The maximum atomic E-state index is 10.3. The minimum Gasteiger partial charge on any atom is -0.386 e. The van der Waals surface area contributed by atoms with E-state index >= 15 is 0 Å². The second-order valence-corrected chi connectivity index (χ2v) is 2.74. The lowest BCUT2D eigenvalue weighted by Gasteiger charge is -2.10. The van der Waals surface area contributed by atoms with Crippen LogP contribution in [0.4, 0.5) is 0 Å². The van der Waals surface area contributed by atoms with Gasteiger partial charge in [0.05, 0.1) is 0 Å². The summed E-state index contributed by atoms with van der Waals surface area (Å²) < 4.78 is 0. The zero-order valence-corrected chi connectivity index (χ0v) is 6.99. The van der Waals surface area contributed by atoms with Gasteiger partial charge in [-0.2, -0.15) is 0 Å². The van der Waals surface area contributed by atoms with E-state index < -0.39 is 17.1 Å². The second-order valence-electron chi connectivity index (χ2n) is 2.74. The molecule has 1 N–H and O–H groups in total. The molecule has 0 aliphatic heterocycles. The highest BCUT2D eigenvalue weighted by Crippen LogP contribution is 2.07. The first-order valence-electron chi connectivity index (χ1n) is 3.91. The van der Waals surface area contributed by atoms with Crippen LogP contribution in [0.3, 0.4) is 0 Å². The molecule has 0 bridgehead atoms. The van der Waals surface area contributed by atoms with Crippen molar-refractivity contribution in [3.05, 3.63) is 10.1 Å². The van der Waals surface area contributed by atoms with Crippen LogP contribution in [0.25, 0.3) is 0 Å². The summed E-state index contributed by atoms with van der Waals surface area (Å²) in [5.41, 5.74) is 0. The molecule has 66 valence electrons. The molecule has 0 aromatic carbocycles. The summed E-state index contributed by atoms with van der Waals surface area (Å²) in [6.07, 6.45) is 1.37. The van der Waals surface area contributed by atoms with E-state index in [2.05, 4.69) is 0 Å². The van der Waals surface area contributed by atoms with Crippen LogP contribution in [0.15, 0.2) is 0 Å². The Morgan fingerprint density at radius 2 is 2.18 bits per heavy atom. The van der Waals surface area contributed by atoms with Crippen LogP contribution >= 0.6 is 0 Å². The van der Waals surface area contributed by atoms with Gasteiger partial charge < -0.3 is 5.11 Å². The van der Waals surface area contributed by atoms with E-state index in [0.29, 0.717) is 6.42 Å². The largest absolute Gasteiger partial charge is 0.386 e. The standard InChI is InChI=1S/C7H15NO3/c1-3-4-5-7(6(2)9)8(10)11/h6-7,9H,3-5H2,1-2H3/t6-,7?/m0/s1. The monoisotopic (exact) mass is 161 g/mol. The molecule has 0 radical (unpaired) electrons. The smallest absolute Gasteiger partial charge is 0.238 e. The Hall–Kier alpha value is -0.640. The van der Waals surface area contributed by atoms with Crippen molar-refractivity contribution in [2.45, 2.75) is 45.3 Å². The number of nitro groups is 1. The Balaban J connectivity index is 3.80. The summed E-state index contributed by atoms with van der Waals surface area (Å²) in [7, 11) is 0. The molecule has 0 aromatic heterocycles. The van der Waals surface area contributed by atoms with E-state index in [-0.39, 0.29) is 0 Å². The molecule has 0 saturated carbocycles. The van der Waals surface area contributed by atoms with Gasteiger partial charge in [0.2, 0.25) is 6.04 Å². The summed E-state index contributed by atoms with van der Waals surface area (Å²) in [5.74, 6) is 0. The molecule has 11 heavy (non-hydrogen) atoms. The van der Waals surface area contributed by atoms with Crippen molar-refractivity contribution >= 4 is 0 Å². The normalized spacial score (nSPS) is 15.9. The van der Waals surface area contributed by atoms with Gasteiger partial charge in [-0.1, -0.05) is 13.3 Å². The highest BCUT2D eigenvalue weighted by atomic mass is 16.6. The Bertz CT molecular complexity index is 125. The molecule has 0 fully saturated rings. The minimum absolute atomic E-state index is 0.402. The number of nitrogens with zero attached hydrogens (tertiary/aromatic N) is 1. The lowest BCUT2D eigenvalue weighted by atomic mass is 10.1. The van der Waals surface area contributed by atoms with Crippen molar-refractivity contribution in [1.82, 2.24) is 0 Å². The molecule has 0 amide bonds. The first-order valence-corrected chi connectivity index (χ1v) is 3.91. The van der Waals surface area contributed by atoms with Crippen LogP contribution in [-0.4, -0.2) is 22.2 Å². The van der Waals surface area contributed by atoms with E-state index in [1.54, 1.807) is 0 Å². The highest BCUT2D eigenvalue weighted by Gasteiger charge is 2.24. The Labute approximate surface area is 66.4 Å². The molecular weight excluding hydrogens is 146 g/mol. The lowest BCUT2D eigenvalue weighted by Crippen LogP contribution is -2.31. The second kappa shape index (κ2) is 5.07. The van der Waals surface area contributed by atoms with Gasteiger partial charge in [0, 0.05) is 11.3 Å². The topological polar surface area (TPSA) is 63.4 Å². The van der Waals surface area contributed by atoms with Crippen molar-refractivity contribution in [2.75, 3.05) is 0 Å². The number of hydrogen-bond acceptors (Lipinski definition) is 3. The van der Waals surface area contributed by atoms with Crippen LogP contribution in [0, 0.1) is 10.1 Å². The fourth-order valence-electron chi connectivity index (χ4n) is 0.936. The molecule has 0 spiro atoms. The van der Waals surface area contributed by atoms with E-state index in [1.165, 1.54) is 6.92 Å². The van der Waals surface area contributed by atoms with E-state index in [0.717, 1.165) is 12.8 Å². The first kappa shape index (κ1) is 10.4. The predicted molar refractivity (Wildman–Crippen MR) is 42.0 cm³/mol. The van der Waals surface area contributed by atoms with Crippen molar-refractivity contribution in [2.24, 2.45) is 0 Å². The molecule has 0 saturated heterocycles. The summed E-state index contributed by atoms with van der Waals surface area (Å²) >= 11 is 0. The average molecular weight is 161 g/mol. The van der Waals surface area contributed by atoms with E-state index in [4.69, 9.17) is 5.11 Å². The fraction of sp³-hybridized carbons (Fsp3) is 1.00. The lowest BCUT2D eigenvalue weighted by molar-refractivity contribution is -0.534. The van der Waals surface area contributed by atoms with Crippen molar-refractivity contribution in [3.63, 3.8) is 0 Å². The number of hydrogen-bond donors (Lipinski definition) is 1. The highest BCUT2D eigenvalue weighted by molar-refractivity contribution is 4.62. The SMILES string of the molecule is CCCCC([C@H](C)O)[N+](=O)[O-]. The third-order valence-electron chi connectivity index (χ3n) is 1.68. The number of aliphatic hydroxyl groups is 1. The summed E-state index contributed by atoms with van der Waals surface area (Å²) in [5, 5.41) is 19.3. The number of unbranched alkanes of at least 4 members (excludes halogenated alkanes) is 1. The van der Waals surface area contributed by atoms with Gasteiger partial charge in [-0.3, -0.25) is 10.1 Å². The summed E-state index contributed by atoms with van der Waals surface area (Å²) in [6.45, 7) is 3.43. The fourth-order valence-corrected chi connectivity index (χ4v) is 0.936. The quantitative estimate of drug-likeness (QED) is 0.486. The number of aliphatic hydroxyl groups excluding tert-OH is 1. The molecule has 0 aliphatic rings. The maximum Gasteiger partial charge on any atom is 0.238 e. The van der Waals surface area contributed by atoms with Crippen LogP contribution in [0.5, 0.6) is 0 Å². The van der Waals surface area contributed by atoms with Gasteiger partial charge in [-0.25, -0.2) is 0 Å². The third kappa shape index (κ3) is 3.93. The Morgan fingerprint density at radius 1 is 1.64 bits per heavy atom. The summed E-state index contributed by atoms with van der Waals surface area (Å²) in [6, 6.07) is -0.782. The molecule has 4 nitrogen and oxygen atoms in total. The van der Waals surface area contributed by atoms with Crippen LogP contribution in [0.2, 0.25) is 0 Å².